The Hall–Kier alpha value is -1.88. The highest BCUT2D eigenvalue weighted by Crippen LogP contribution is 2.42. The van der Waals surface area contributed by atoms with E-state index in [2.05, 4.69) is 5.32 Å². The second-order valence-corrected chi connectivity index (χ2v) is 4.96. The summed E-state index contributed by atoms with van der Waals surface area (Å²) in [5.41, 5.74) is 1.04. The average Bonchev–Trinajstić information content (AvgIpc) is 3.24. The molecule has 20 heavy (non-hydrogen) atoms. The van der Waals surface area contributed by atoms with Gasteiger partial charge in [0.25, 0.3) is 0 Å². The summed E-state index contributed by atoms with van der Waals surface area (Å²) in [6, 6.07) is 9.76. The number of carbonyl (C=O) groups excluding carboxylic acids is 1. The first kappa shape index (κ1) is 14.5. The normalized spacial score (nSPS) is 15.6. The number of ether oxygens (including phenoxy) is 1. The monoisotopic (exact) mass is 277 g/mol. The Morgan fingerprint density at radius 2 is 2.00 bits per heavy atom. The van der Waals surface area contributed by atoms with Gasteiger partial charge in [0, 0.05) is 6.54 Å². The van der Waals surface area contributed by atoms with Crippen molar-refractivity contribution >= 4 is 11.9 Å². The Morgan fingerprint density at radius 1 is 1.30 bits per heavy atom. The summed E-state index contributed by atoms with van der Waals surface area (Å²) in [5, 5.41) is 11.2. The number of carboxylic acids is 1. The lowest BCUT2D eigenvalue weighted by Crippen LogP contribution is -2.33. The number of amides is 1. The van der Waals surface area contributed by atoms with Crippen molar-refractivity contribution in [3.8, 4) is 0 Å². The van der Waals surface area contributed by atoms with E-state index in [4.69, 9.17) is 9.84 Å². The van der Waals surface area contributed by atoms with E-state index in [1.165, 1.54) is 0 Å². The zero-order valence-electron chi connectivity index (χ0n) is 11.2. The molecule has 2 N–H and O–H groups in total. The van der Waals surface area contributed by atoms with Crippen LogP contribution in [0.5, 0.6) is 0 Å². The maximum absolute atomic E-state index is 12.2. The highest BCUT2D eigenvalue weighted by Gasteiger charge is 2.36. The Bertz CT molecular complexity index is 456. The van der Waals surface area contributed by atoms with Crippen LogP contribution in [-0.4, -0.2) is 36.7 Å². The molecule has 1 aliphatic rings. The van der Waals surface area contributed by atoms with Crippen LogP contribution in [0.4, 0.5) is 0 Å². The summed E-state index contributed by atoms with van der Waals surface area (Å²) in [5.74, 6) is -0.679. The number of aliphatic carboxylic acids is 1. The van der Waals surface area contributed by atoms with E-state index in [9.17, 15) is 9.59 Å². The lowest BCUT2D eigenvalue weighted by Gasteiger charge is -2.16. The third-order valence-electron chi connectivity index (χ3n) is 3.31. The summed E-state index contributed by atoms with van der Waals surface area (Å²) in [6.45, 7) is 0.215. The smallest absolute Gasteiger partial charge is 0.329 e. The van der Waals surface area contributed by atoms with Crippen LogP contribution in [0.15, 0.2) is 30.3 Å². The van der Waals surface area contributed by atoms with Crippen LogP contribution in [0, 0.1) is 5.92 Å². The van der Waals surface area contributed by atoms with Gasteiger partial charge < -0.3 is 15.2 Å². The first-order valence-corrected chi connectivity index (χ1v) is 6.80. The third kappa shape index (κ3) is 4.35. The topological polar surface area (TPSA) is 75.6 Å². The predicted octanol–water partition coefficient (Wildman–Crippen LogP) is 1.40. The summed E-state index contributed by atoms with van der Waals surface area (Å²) in [6.07, 6.45) is 2.17. The van der Waals surface area contributed by atoms with Crippen LogP contribution in [-0.2, 0) is 14.3 Å². The molecule has 108 valence electrons. The quantitative estimate of drug-likeness (QED) is 0.704. The number of hydrogen-bond acceptors (Lipinski definition) is 3. The molecule has 5 heteroatoms. The predicted molar refractivity (Wildman–Crippen MR) is 73.4 cm³/mol. The van der Waals surface area contributed by atoms with Gasteiger partial charge in [-0.15, -0.1) is 0 Å². The number of rotatable bonds is 8. The fourth-order valence-corrected chi connectivity index (χ4v) is 2.24. The van der Waals surface area contributed by atoms with Crippen molar-refractivity contribution in [3.05, 3.63) is 35.9 Å². The molecule has 0 saturated heterocycles. The van der Waals surface area contributed by atoms with Gasteiger partial charge in [0.2, 0.25) is 5.91 Å². The molecule has 1 aromatic carbocycles. The molecule has 1 fully saturated rings. The van der Waals surface area contributed by atoms with E-state index in [1.807, 2.05) is 30.3 Å². The molecule has 0 heterocycles. The van der Waals surface area contributed by atoms with E-state index >= 15 is 0 Å². The highest BCUT2D eigenvalue weighted by molar-refractivity contribution is 5.84. The van der Waals surface area contributed by atoms with Crippen molar-refractivity contribution in [2.45, 2.75) is 18.8 Å². The van der Waals surface area contributed by atoms with Crippen LogP contribution in [0.1, 0.15) is 24.3 Å². The SMILES string of the molecule is O=C(O)COCCNC(=O)C(c1ccccc1)C1CC1. The van der Waals surface area contributed by atoms with Crippen LogP contribution < -0.4 is 5.32 Å². The van der Waals surface area contributed by atoms with Crippen LogP contribution in [0.2, 0.25) is 0 Å². The van der Waals surface area contributed by atoms with Crippen molar-refractivity contribution in [3.63, 3.8) is 0 Å². The maximum Gasteiger partial charge on any atom is 0.329 e. The lowest BCUT2D eigenvalue weighted by atomic mass is 9.93. The van der Waals surface area contributed by atoms with Gasteiger partial charge in [-0.05, 0) is 24.3 Å². The summed E-state index contributed by atoms with van der Waals surface area (Å²) in [7, 11) is 0. The zero-order valence-corrected chi connectivity index (χ0v) is 11.2. The van der Waals surface area contributed by atoms with Crippen molar-refractivity contribution in [1.29, 1.82) is 0 Å². The average molecular weight is 277 g/mol. The van der Waals surface area contributed by atoms with Crippen LogP contribution >= 0.6 is 0 Å². The molecule has 1 unspecified atom stereocenters. The van der Waals surface area contributed by atoms with E-state index in [1.54, 1.807) is 0 Å². The molecule has 0 aliphatic heterocycles. The van der Waals surface area contributed by atoms with E-state index in [0.717, 1.165) is 18.4 Å². The van der Waals surface area contributed by atoms with Crippen LogP contribution in [0.3, 0.4) is 0 Å². The fourth-order valence-electron chi connectivity index (χ4n) is 2.24. The van der Waals surface area contributed by atoms with Crippen LogP contribution in [0.25, 0.3) is 0 Å². The fraction of sp³-hybridized carbons (Fsp3) is 0.467. The van der Waals surface area contributed by atoms with Crippen molar-refractivity contribution < 1.29 is 19.4 Å². The molecular weight excluding hydrogens is 258 g/mol. The Balaban J connectivity index is 1.81. The van der Waals surface area contributed by atoms with E-state index in [-0.39, 0.29) is 25.0 Å². The third-order valence-corrected chi connectivity index (χ3v) is 3.31. The molecule has 1 aromatic rings. The molecule has 1 aliphatic carbocycles. The standard InChI is InChI=1S/C15H19NO4/c17-13(18)10-20-9-8-16-15(19)14(12-6-7-12)11-4-2-1-3-5-11/h1-5,12,14H,6-10H2,(H,16,19)(H,17,18). The number of hydrogen-bond donors (Lipinski definition) is 2. The van der Waals surface area contributed by atoms with Crippen molar-refractivity contribution in [2.75, 3.05) is 19.8 Å². The second-order valence-electron chi connectivity index (χ2n) is 4.96. The van der Waals surface area contributed by atoms with Gasteiger partial charge in [-0.1, -0.05) is 30.3 Å². The zero-order chi connectivity index (χ0) is 14.4. The maximum atomic E-state index is 12.2. The summed E-state index contributed by atoms with van der Waals surface area (Å²) < 4.78 is 4.89. The first-order valence-electron chi connectivity index (χ1n) is 6.80. The van der Waals surface area contributed by atoms with E-state index in [0.29, 0.717) is 12.5 Å². The molecule has 1 atom stereocenters. The minimum absolute atomic E-state index is 0.00220. The molecular formula is C15H19NO4. The van der Waals surface area contributed by atoms with E-state index < -0.39 is 5.97 Å². The van der Waals surface area contributed by atoms with Gasteiger partial charge in [0.1, 0.15) is 6.61 Å². The van der Waals surface area contributed by atoms with Gasteiger partial charge in [-0.3, -0.25) is 4.79 Å². The second kappa shape index (κ2) is 7.05. The van der Waals surface area contributed by atoms with Gasteiger partial charge in [-0.25, -0.2) is 4.79 Å². The summed E-state index contributed by atoms with van der Waals surface area (Å²) >= 11 is 0. The van der Waals surface area contributed by atoms with Gasteiger partial charge in [0.05, 0.1) is 12.5 Å². The number of benzene rings is 1. The number of nitrogens with one attached hydrogen (secondary N) is 1. The molecule has 0 bridgehead atoms. The Kier molecular flexibility index (Phi) is 5.12. The van der Waals surface area contributed by atoms with Gasteiger partial charge >= 0.3 is 5.97 Å². The van der Waals surface area contributed by atoms with Crippen molar-refractivity contribution in [1.82, 2.24) is 5.32 Å². The first-order chi connectivity index (χ1) is 9.68. The number of carboxylic acid groups (broad SMARTS) is 1. The Labute approximate surface area is 117 Å². The molecule has 0 radical (unpaired) electrons. The largest absolute Gasteiger partial charge is 0.480 e. The molecule has 2 rings (SSSR count). The summed E-state index contributed by atoms with van der Waals surface area (Å²) in [4.78, 5) is 22.5. The molecule has 1 amide bonds. The lowest BCUT2D eigenvalue weighted by molar-refractivity contribution is -0.142. The molecule has 0 aromatic heterocycles. The minimum atomic E-state index is -1.00. The minimum Gasteiger partial charge on any atom is -0.480 e. The van der Waals surface area contributed by atoms with Gasteiger partial charge in [0.15, 0.2) is 0 Å². The van der Waals surface area contributed by atoms with Gasteiger partial charge in [-0.2, -0.15) is 0 Å². The number of carbonyl (C=O) groups is 2. The molecule has 0 spiro atoms. The molecule has 1 saturated carbocycles. The Morgan fingerprint density at radius 3 is 2.60 bits per heavy atom. The highest BCUT2D eigenvalue weighted by atomic mass is 16.5. The van der Waals surface area contributed by atoms with Crippen molar-refractivity contribution in [2.24, 2.45) is 5.92 Å². The molecule has 5 nitrogen and oxygen atoms in total.